The highest BCUT2D eigenvalue weighted by Crippen LogP contribution is 2.24. The standard InChI is InChI=1S/C17H20N4O4S/c1-13-17(14(2)25-19-13)26(23,24)21-11-9-20(10-12-21)16(22)4-3-15-5-7-18-8-6-15/h3-8H,9-12H2,1-2H3/b4-3+. The normalized spacial score (nSPS) is 16.3. The highest BCUT2D eigenvalue weighted by molar-refractivity contribution is 7.89. The number of aryl methyl sites for hydroxylation is 2. The lowest BCUT2D eigenvalue weighted by Crippen LogP contribution is -2.50. The van der Waals surface area contributed by atoms with Crippen LogP contribution in [-0.2, 0) is 14.8 Å². The SMILES string of the molecule is Cc1noc(C)c1S(=O)(=O)N1CCN(C(=O)/C=C/c2ccncc2)CC1. The second-order valence-corrected chi connectivity index (χ2v) is 7.87. The Morgan fingerprint density at radius 1 is 1.15 bits per heavy atom. The summed E-state index contributed by atoms with van der Waals surface area (Å²) in [7, 11) is -3.67. The molecule has 0 aromatic carbocycles. The molecule has 1 amide bonds. The Labute approximate surface area is 152 Å². The van der Waals surface area contributed by atoms with Crippen molar-refractivity contribution in [2.45, 2.75) is 18.7 Å². The molecule has 1 aliphatic rings. The summed E-state index contributed by atoms with van der Waals surface area (Å²) in [6, 6.07) is 3.61. The molecule has 0 unspecified atom stereocenters. The fourth-order valence-corrected chi connectivity index (χ4v) is 4.58. The van der Waals surface area contributed by atoms with Crippen LogP contribution in [0.1, 0.15) is 17.0 Å². The first-order valence-corrected chi connectivity index (χ1v) is 9.63. The van der Waals surface area contributed by atoms with E-state index in [0.717, 1.165) is 5.56 Å². The maximum Gasteiger partial charge on any atom is 0.248 e. The number of aromatic nitrogens is 2. The average Bonchev–Trinajstić information content (AvgIpc) is 2.99. The Morgan fingerprint density at radius 3 is 2.38 bits per heavy atom. The van der Waals surface area contributed by atoms with Crippen molar-refractivity contribution in [2.75, 3.05) is 26.2 Å². The molecular formula is C17H20N4O4S. The number of carbonyl (C=O) groups is 1. The Bertz CT molecular complexity index is 894. The monoisotopic (exact) mass is 376 g/mol. The molecular weight excluding hydrogens is 356 g/mol. The number of carbonyl (C=O) groups excluding carboxylic acids is 1. The highest BCUT2D eigenvalue weighted by atomic mass is 32.2. The number of piperazine rings is 1. The maximum atomic E-state index is 12.8. The summed E-state index contributed by atoms with van der Waals surface area (Å²) in [5, 5.41) is 3.71. The van der Waals surface area contributed by atoms with Gasteiger partial charge in [0.05, 0.1) is 0 Å². The van der Waals surface area contributed by atoms with Gasteiger partial charge < -0.3 is 9.42 Å². The minimum absolute atomic E-state index is 0.120. The smallest absolute Gasteiger partial charge is 0.248 e. The van der Waals surface area contributed by atoms with Gasteiger partial charge in [0.2, 0.25) is 15.9 Å². The van der Waals surface area contributed by atoms with Crippen molar-refractivity contribution < 1.29 is 17.7 Å². The average molecular weight is 376 g/mol. The second-order valence-electron chi connectivity index (χ2n) is 6.00. The van der Waals surface area contributed by atoms with Gasteiger partial charge in [0, 0.05) is 44.6 Å². The largest absolute Gasteiger partial charge is 0.360 e. The molecule has 2 aromatic heterocycles. The van der Waals surface area contributed by atoms with E-state index in [4.69, 9.17) is 4.52 Å². The van der Waals surface area contributed by atoms with E-state index in [-0.39, 0.29) is 29.7 Å². The molecule has 8 nitrogen and oxygen atoms in total. The third-order valence-corrected chi connectivity index (χ3v) is 6.38. The zero-order valence-corrected chi connectivity index (χ0v) is 15.4. The number of sulfonamides is 1. The van der Waals surface area contributed by atoms with E-state index in [9.17, 15) is 13.2 Å². The summed E-state index contributed by atoms with van der Waals surface area (Å²) in [6.07, 6.45) is 6.52. The van der Waals surface area contributed by atoms with Gasteiger partial charge in [-0.15, -0.1) is 0 Å². The molecule has 0 bridgehead atoms. The predicted octanol–water partition coefficient (Wildman–Crippen LogP) is 1.23. The summed E-state index contributed by atoms with van der Waals surface area (Å²) in [4.78, 5) is 18.0. The zero-order valence-electron chi connectivity index (χ0n) is 14.6. The van der Waals surface area contributed by atoms with Gasteiger partial charge in [-0.1, -0.05) is 5.16 Å². The molecule has 1 fully saturated rings. The first kappa shape index (κ1) is 18.3. The third kappa shape index (κ3) is 3.68. The van der Waals surface area contributed by atoms with E-state index in [2.05, 4.69) is 10.1 Å². The van der Waals surface area contributed by atoms with E-state index in [0.29, 0.717) is 18.8 Å². The molecule has 3 heterocycles. The van der Waals surface area contributed by atoms with Crippen molar-refractivity contribution >= 4 is 22.0 Å². The van der Waals surface area contributed by atoms with Crippen LogP contribution in [0, 0.1) is 13.8 Å². The lowest BCUT2D eigenvalue weighted by molar-refractivity contribution is -0.127. The summed E-state index contributed by atoms with van der Waals surface area (Å²) in [5.41, 5.74) is 1.23. The fraction of sp³-hybridized carbons (Fsp3) is 0.353. The first-order valence-electron chi connectivity index (χ1n) is 8.19. The lowest BCUT2D eigenvalue weighted by atomic mass is 10.2. The predicted molar refractivity (Wildman–Crippen MR) is 94.6 cm³/mol. The maximum absolute atomic E-state index is 12.8. The summed E-state index contributed by atoms with van der Waals surface area (Å²) in [6.45, 7) is 4.33. The molecule has 3 rings (SSSR count). The molecule has 0 aliphatic carbocycles. The molecule has 0 saturated carbocycles. The number of nitrogens with zero attached hydrogens (tertiary/aromatic N) is 4. The lowest BCUT2D eigenvalue weighted by Gasteiger charge is -2.33. The molecule has 0 atom stereocenters. The quantitative estimate of drug-likeness (QED) is 0.745. The molecule has 0 spiro atoms. The van der Waals surface area contributed by atoms with E-state index in [1.807, 2.05) is 0 Å². The van der Waals surface area contributed by atoms with Gasteiger partial charge in [-0.3, -0.25) is 9.78 Å². The summed E-state index contributed by atoms with van der Waals surface area (Å²) < 4.78 is 31.9. The van der Waals surface area contributed by atoms with Crippen molar-refractivity contribution in [3.8, 4) is 0 Å². The minimum atomic E-state index is -3.67. The highest BCUT2D eigenvalue weighted by Gasteiger charge is 2.33. The van der Waals surface area contributed by atoms with Gasteiger partial charge in [0.15, 0.2) is 5.76 Å². The Kier molecular flexibility index (Phi) is 5.19. The van der Waals surface area contributed by atoms with Gasteiger partial charge in [0.1, 0.15) is 10.6 Å². The van der Waals surface area contributed by atoms with Crippen molar-refractivity contribution in [2.24, 2.45) is 0 Å². The van der Waals surface area contributed by atoms with Crippen LogP contribution >= 0.6 is 0 Å². The molecule has 1 saturated heterocycles. The topological polar surface area (TPSA) is 96.6 Å². The zero-order chi connectivity index (χ0) is 18.7. The molecule has 138 valence electrons. The summed E-state index contributed by atoms with van der Waals surface area (Å²) >= 11 is 0. The van der Waals surface area contributed by atoms with Crippen LogP contribution in [0.3, 0.4) is 0 Å². The number of hydrogen-bond donors (Lipinski definition) is 0. The Balaban J connectivity index is 1.64. The van der Waals surface area contributed by atoms with Crippen molar-refractivity contribution in [1.82, 2.24) is 19.3 Å². The van der Waals surface area contributed by atoms with Gasteiger partial charge in [-0.2, -0.15) is 4.31 Å². The van der Waals surface area contributed by atoms with Crippen LogP contribution in [0.2, 0.25) is 0 Å². The van der Waals surface area contributed by atoms with E-state index >= 15 is 0 Å². The molecule has 2 aromatic rings. The van der Waals surface area contributed by atoms with E-state index in [1.54, 1.807) is 49.3 Å². The number of pyridine rings is 1. The van der Waals surface area contributed by atoms with Crippen molar-refractivity contribution in [3.63, 3.8) is 0 Å². The molecule has 0 radical (unpaired) electrons. The Hall–Kier alpha value is -2.52. The molecule has 26 heavy (non-hydrogen) atoms. The number of hydrogen-bond acceptors (Lipinski definition) is 6. The van der Waals surface area contributed by atoms with E-state index < -0.39 is 10.0 Å². The van der Waals surface area contributed by atoms with Crippen molar-refractivity contribution in [1.29, 1.82) is 0 Å². The van der Waals surface area contributed by atoms with Gasteiger partial charge >= 0.3 is 0 Å². The van der Waals surface area contributed by atoms with Gasteiger partial charge in [-0.05, 0) is 37.6 Å². The first-order chi connectivity index (χ1) is 12.4. The molecule has 1 aliphatic heterocycles. The number of rotatable bonds is 4. The second kappa shape index (κ2) is 7.38. The van der Waals surface area contributed by atoms with Gasteiger partial charge in [0.25, 0.3) is 0 Å². The molecule has 0 N–H and O–H groups in total. The van der Waals surface area contributed by atoms with Gasteiger partial charge in [-0.25, -0.2) is 8.42 Å². The third-order valence-electron chi connectivity index (χ3n) is 4.24. The van der Waals surface area contributed by atoms with Crippen LogP contribution in [-0.4, -0.2) is 59.8 Å². The molecule has 9 heteroatoms. The Morgan fingerprint density at radius 2 is 1.81 bits per heavy atom. The van der Waals surface area contributed by atoms with Crippen LogP contribution in [0.25, 0.3) is 6.08 Å². The van der Waals surface area contributed by atoms with Crippen LogP contribution in [0.4, 0.5) is 0 Å². The fourth-order valence-electron chi connectivity index (χ4n) is 2.87. The van der Waals surface area contributed by atoms with Crippen LogP contribution in [0.15, 0.2) is 40.0 Å². The number of amides is 1. The van der Waals surface area contributed by atoms with E-state index in [1.165, 1.54) is 10.4 Å². The minimum Gasteiger partial charge on any atom is -0.360 e. The van der Waals surface area contributed by atoms with Crippen LogP contribution in [0.5, 0.6) is 0 Å². The van der Waals surface area contributed by atoms with Crippen molar-refractivity contribution in [3.05, 3.63) is 47.6 Å². The van der Waals surface area contributed by atoms with Crippen LogP contribution < -0.4 is 0 Å². The summed E-state index contributed by atoms with van der Waals surface area (Å²) in [5.74, 6) is 0.137.